The van der Waals surface area contributed by atoms with E-state index >= 15 is 0 Å². The fourth-order valence-corrected chi connectivity index (χ4v) is 5.18. The Hall–Kier alpha value is -3.42. The number of aromatic nitrogens is 2. The average Bonchev–Trinajstić information content (AvgIpc) is 2.79. The maximum atomic E-state index is 12.7. The molecule has 3 aromatic rings. The van der Waals surface area contributed by atoms with Crippen LogP contribution < -0.4 is 16.6 Å². The van der Waals surface area contributed by atoms with Crippen molar-refractivity contribution in [3.05, 3.63) is 73.4 Å². The van der Waals surface area contributed by atoms with Gasteiger partial charge in [-0.05, 0) is 49.7 Å². The summed E-state index contributed by atoms with van der Waals surface area (Å²) in [5.41, 5.74) is 0.593. The minimum Gasteiger partial charge on any atom is -0.326 e. The highest BCUT2D eigenvalue weighted by Crippen LogP contribution is 2.20. The summed E-state index contributed by atoms with van der Waals surface area (Å²) in [7, 11) is -3.67. The zero-order valence-electron chi connectivity index (χ0n) is 18.7. The van der Waals surface area contributed by atoms with E-state index in [1.54, 1.807) is 26.0 Å². The maximum absolute atomic E-state index is 12.7. The van der Waals surface area contributed by atoms with Gasteiger partial charge in [0.1, 0.15) is 6.07 Å². The topological polar surface area (TPSA) is 131 Å². The van der Waals surface area contributed by atoms with Crippen LogP contribution in [0.2, 0.25) is 5.02 Å². The number of hydrogen-bond donors (Lipinski definition) is 1. The van der Waals surface area contributed by atoms with Gasteiger partial charge in [-0.25, -0.2) is 13.2 Å². The van der Waals surface area contributed by atoms with Crippen molar-refractivity contribution in [2.75, 3.05) is 11.1 Å². The van der Waals surface area contributed by atoms with Crippen LogP contribution in [0.1, 0.15) is 31.4 Å². The molecule has 0 saturated carbocycles. The molecule has 1 N–H and O–H groups in total. The number of anilines is 1. The van der Waals surface area contributed by atoms with E-state index < -0.39 is 32.7 Å². The van der Waals surface area contributed by atoms with Crippen LogP contribution in [0.5, 0.6) is 0 Å². The van der Waals surface area contributed by atoms with Gasteiger partial charge < -0.3 is 5.32 Å². The minimum atomic E-state index is -3.67. The Kier molecular flexibility index (Phi) is 7.59. The quantitative estimate of drug-likeness (QED) is 0.503. The molecule has 0 aliphatic carbocycles. The number of rotatable bonds is 8. The molecule has 0 aliphatic rings. The molecular formula is C23H23ClN4O5S. The normalized spacial score (nSPS) is 11.4. The van der Waals surface area contributed by atoms with Crippen LogP contribution >= 0.6 is 11.6 Å². The van der Waals surface area contributed by atoms with Crippen LogP contribution in [0.3, 0.4) is 0 Å². The summed E-state index contributed by atoms with van der Waals surface area (Å²) >= 11 is 5.94. The van der Waals surface area contributed by atoms with Gasteiger partial charge in [-0.1, -0.05) is 17.7 Å². The van der Waals surface area contributed by atoms with E-state index in [2.05, 4.69) is 5.32 Å². The SMILES string of the molecule is CCn1c(=O)c2cc(CS(=O)(=O)CCC(=O)Nc3ccc(C#N)c(Cl)c3)ccc2n(CC)c1=O. The summed E-state index contributed by atoms with van der Waals surface area (Å²) < 4.78 is 27.9. The van der Waals surface area contributed by atoms with Gasteiger partial charge >= 0.3 is 5.69 Å². The van der Waals surface area contributed by atoms with E-state index in [-0.39, 0.29) is 34.7 Å². The van der Waals surface area contributed by atoms with Gasteiger partial charge in [-0.15, -0.1) is 0 Å². The number of carbonyl (C=O) groups excluding carboxylic acids is 1. The zero-order chi connectivity index (χ0) is 25.0. The fraction of sp³-hybridized carbons (Fsp3) is 0.304. The Morgan fingerprint density at radius 3 is 2.41 bits per heavy atom. The standard InChI is InChI=1S/C23H23ClN4O5S/c1-3-27-20-8-5-15(11-18(20)22(30)28(4-2)23(27)31)14-34(32,33)10-9-21(29)26-17-7-6-16(13-25)19(24)12-17/h5-8,11-12H,3-4,9-10,14H2,1-2H3,(H,26,29). The second-order valence-corrected chi connectivity index (χ2v) is 10.2. The molecule has 3 rings (SSSR count). The summed E-state index contributed by atoms with van der Waals surface area (Å²) in [5.74, 6) is -1.26. The molecule has 0 fully saturated rings. The Labute approximate surface area is 201 Å². The number of nitrogens with one attached hydrogen (secondary N) is 1. The highest BCUT2D eigenvalue weighted by atomic mass is 35.5. The monoisotopic (exact) mass is 502 g/mol. The third kappa shape index (κ3) is 5.38. The van der Waals surface area contributed by atoms with Crippen molar-refractivity contribution in [1.29, 1.82) is 5.26 Å². The number of sulfone groups is 1. The van der Waals surface area contributed by atoms with Crippen molar-refractivity contribution in [1.82, 2.24) is 9.13 Å². The molecular weight excluding hydrogens is 480 g/mol. The molecule has 1 amide bonds. The van der Waals surface area contributed by atoms with Crippen LogP contribution in [-0.4, -0.2) is 29.2 Å². The van der Waals surface area contributed by atoms with Crippen molar-refractivity contribution < 1.29 is 13.2 Å². The van der Waals surface area contributed by atoms with Crippen LogP contribution in [-0.2, 0) is 33.5 Å². The van der Waals surface area contributed by atoms with Gasteiger partial charge in [0.25, 0.3) is 5.56 Å². The summed E-state index contributed by atoms with van der Waals surface area (Å²) in [6.45, 7) is 4.06. The summed E-state index contributed by atoms with van der Waals surface area (Å²) in [4.78, 5) is 37.4. The van der Waals surface area contributed by atoms with Gasteiger partial charge in [0, 0.05) is 25.2 Å². The molecule has 11 heteroatoms. The number of aryl methyl sites for hydroxylation is 1. The third-order valence-electron chi connectivity index (χ3n) is 5.32. The summed E-state index contributed by atoms with van der Waals surface area (Å²) in [6, 6.07) is 10.9. The molecule has 34 heavy (non-hydrogen) atoms. The molecule has 9 nitrogen and oxygen atoms in total. The molecule has 178 valence electrons. The Morgan fingerprint density at radius 1 is 1.09 bits per heavy atom. The second kappa shape index (κ2) is 10.2. The number of benzene rings is 2. The van der Waals surface area contributed by atoms with E-state index in [1.165, 1.54) is 28.8 Å². The highest BCUT2D eigenvalue weighted by Gasteiger charge is 2.17. The number of halogens is 1. The molecule has 2 aromatic carbocycles. The van der Waals surface area contributed by atoms with Crippen LogP contribution in [0.4, 0.5) is 5.69 Å². The Bertz CT molecular complexity index is 1530. The molecule has 0 atom stereocenters. The van der Waals surface area contributed by atoms with Gasteiger partial charge in [0.05, 0.1) is 33.0 Å². The first-order chi connectivity index (χ1) is 16.1. The van der Waals surface area contributed by atoms with Crippen molar-refractivity contribution in [3.63, 3.8) is 0 Å². The van der Waals surface area contributed by atoms with Crippen LogP contribution in [0, 0.1) is 11.3 Å². The first kappa shape index (κ1) is 25.2. The lowest BCUT2D eigenvalue weighted by Gasteiger charge is -2.12. The van der Waals surface area contributed by atoms with Gasteiger partial charge in [0.2, 0.25) is 5.91 Å². The van der Waals surface area contributed by atoms with Crippen molar-refractivity contribution in [3.8, 4) is 6.07 Å². The van der Waals surface area contributed by atoms with Crippen molar-refractivity contribution >= 4 is 43.9 Å². The van der Waals surface area contributed by atoms with Crippen molar-refractivity contribution in [2.24, 2.45) is 0 Å². The van der Waals surface area contributed by atoms with Gasteiger partial charge in [-0.2, -0.15) is 5.26 Å². The number of nitriles is 1. The number of nitrogens with zero attached hydrogens (tertiary/aromatic N) is 3. The molecule has 0 spiro atoms. The molecule has 0 aliphatic heterocycles. The Morgan fingerprint density at radius 2 is 1.79 bits per heavy atom. The molecule has 0 bridgehead atoms. The first-order valence-electron chi connectivity index (χ1n) is 10.6. The number of fused-ring (bicyclic) bond motifs is 1. The predicted octanol–water partition coefficient (Wildman–Crippen LogP) is 2.67. The lowest BCUT2D eigenvalue weighted by molar-refractivity contribution is -0.115. The second-order valence-electron chi connectivity index (χ2n) is 7.62. The Balaban J connectivity index is 1.75. The van der Waals surface area contributed by atoms with Crippen LogP contribution in [0.25, 0.3) is 10.9 Å². The minimum absolute atomic E-state index is 0.180. The third-order valence-corrected chi connectivity index (χ3v) is 7.23. The number of carbonyl (C=O) groups is 1. The molecule has 0 unspecified atom stereocenters. The van der Waals surface area contributed by atoms with Crippen LogP contribution in [0.15, 0.2) is 46.0 Å². The van der Waals surface area contributed by atoms with E-state index in [0.717, 1.165) is 4.57 Å². The molecule has 1 aromatic heterocycles. The smallest absolute Gasteiger partial charge is 0.326 e. The largest absolute Gasteiger partial charge is 0.331 e. The van der Waals surface area contributed by atoms with Gasteiger partial charge in [0.15, 0.2) is 9.84 Å². The summed E-state index contributed by atoms with van der Waals surface area (Å²) in [6.07, 6.45) is -0.272. The lowest BCUT2D eigenvalue weighted by atomic mass is 10.1. The zero-order valence-corrected chi connectivity index (χ0v) is 20.2. The van der Waals surface area contributed by atoms with E-state index in [1.807, 2.05) is 6.07 Å². The van der Waals surface area contributed by atoms with E-state index in [0.29, 0.717) is 23.3 Å². The molecule has 0 saturated heterocycles. The van der Waals surface area contributed by atoms with Crippen molar-refractivity contribution in [2.45, 2.75) is 39.1 Å². The van der Waals surface area contributed by atoms with E-state index in [4.69, 9.17) is 16.9 Å². The first-order valence-corrected chi connectivity index (χ1v) is 12.8. The van der Waals surface area contributed by atoms with Gasteiger partial charge in [-0.3, -0.25) is 18.7 Å². The lowest BCUT2D eigenvalue weighted by Crippen LogP contribution is -2.39. The van der Waals surface area contributed by atoms with E-state index in [9.17, 15) is 22.8 Å². The fourth-order valence-electron chi connectivity index (χ4n) is 3.63. The average molecular weight is 503 g/mol. The molecule has 1 heterocycles. The highest BCUT2D eigenvalue weighted by molar-refractivity contribution is 7.90. The summed E-state index contributed by atoms with van der Waals surface area (Å²) in [5, 5.41) is 11.9. The molecule has 0 radical (unpaired) electrons. The maximum Gasteiger partial charge on any atom is 0.331 e. The number of amides is 1. The number of hydrogen-bond acceptors (Lipinski definition) is 6. The predicted molar refractivity (Wildman–Crippen MR) is 131 cm³/mol.